The Labute approximate surface area is 77.7 Å². The van der Waals surface area contributed by atoms with E-state index in [9.17, 15) is 9.18 Å². The van der Waals surface area contributed by atoms with Gasteiger partial charge in [-0.1, -0.05) is 0 Å². The first-order valence-electron chi connectivity index (χ1n) is 3.56. The second-order valence-electron chi connectivity index (χ2n) is 2.58. The molecule has 0 saturated heterocycles. The quantitative estimate of drug-likeness (QED) is 0.554. The number of hydrogen-bond donors (Lipinski definition) is 4. The summed E-state index contributed by atoms with van der Waals surface area (Å²) in [4.78, 5) is 10.3. The van der Waals surface area contributed by atoms with Crippen LogP contribution in [0.15, 0.2) is 12.1 Å². The van der Waals surface area contributed by atoms with E-state index in [4.69, 9.17) is 20.4 Å². The van der Waals surface area contributed by atoms with Crippen LogP contribution in [0, 0.1) is 5.82 Å². The molecule has 0 aliphatic heterocycles. The number of phenols is 2. The Hall–Kier alpha value is -1.82. The van der Waals surface area contributed by atoms with Crippen LogP contribution in [-0.2, 0) is 4.79 Å². The number of aliphatic carboxylic acids is 1. The highest BCUT2D eigenvalue weighted by Crippen LogP contribution is 2.32. The van der Waals surface area contributed by atoms with Gasteiger partial charge in [0.1, 0.15) is 0 Å². The fraction of sp³-hybridized carbons (Fsp3) is 0.125. The molecule has 1 unspecified atom stereocenters. The van der Waals surface area contributed by atoms with Gasteiger partial charge in [-0.05, 0) is 12.1 Å². The van der Waals surface area contributed by atoms with Gasteiger partial charge >= 0.3 is 5.97 Å². The highest BCUT2D eigenvalue weighted by molar-refractivity contribution is 5.75. The third-order valence-electron chi connectivity index (χ3n) is 1.66. The summed E-state index contributed by atoms with van der Waals surface area (Å²) < 4.78 is 12.8. The van der Waals surface area contributed by atoms with Gasteiger partial charge < -0.3 is 20.4 Å². The van der Waals surface area contributed by atoms with Crippen molar-refractivity contribution in [2.45, 2.75) is 6.10 Å². The maximum absolute atomic E-state index is 12.8. The topological polar surface area (TPSA) is 98.0 Å². The molecule has 5 nitrogen and oxygen atoms in total. The molecule has 0 aliphatic carbocycles. The van der Waals surface area contributed by atoms with Gasteiger partial charge in [0.05, 0.1) is 0 Å². The lowest BCUT2D eigenvalue weighted by Crippen LogP contribution is -2.10. The van der Waals surface area contributed by atoms with E-state index < -0.39 is 35.0 Å². The van der Waals surface area contributed by atoms with Crippen molar-refractivity contribution in [2.75, 3.05) is 0 Å². The summed E-state index contributed by atoms with van der Waals surface area (Å²) in [6, 6.07) is 1.77. The Bertz CT molecular complexity index is 376. The van der Waals surface area contributed by atoms with Gasteiger partial charge in [0.2, 0.25) is 5.82 Å². The number of rotatable bonds is 2. The van der Waals surface area contributed by atoms with Crippen LogP contribution < -0.4 is 0 Å². The van der Waals surface area contributed by atoms with Crippen molar-refractivity contribution in [3.8, 4) is 11.5 Å². The largest absolute Gasteiger partial charge is 0.505 e. The van der Waals surface area contributed by atoms with Gasteiger partial charge in [0.15, 0.2) is 17.6 Å². The van der Waals surface area contributed by atoms with E-state index in [1.54, 1.807) is 0 Å². The van der Waals surface area contributed by atoms with Crippen LogP contribution in [-0.4, -0.2) is 26.4 Å². The van der Waals surface area contributed by atoms with Gasteiger partial charge in [-0.15, -0.1) is 0 Å². The number of benzene rings is 1. The fourth-order valence-electron chi connectivity index (χ4n) is 0.923. The highest BCUT2D eigenvalue weighted by Gasteiger charge is 2.23. The number of carboxylic acid groups (broad SMARTS) is 1. The molecular formula is C8H7FO5. The normalized spacial score (nSPS) is 12.4. The molecule has 0 fully saturated rings. The van der Waals surface area contributed by atoms with E-state index in [-0.39, 0.29) is 0 Å². The smallest absolute Gasteiger partial charge is 0.337 e. The monoisotopic (exact) mass is 202 g/mol. The molecule has 0 amide bonds. The zero-order valence-corrected chi connectivity index (χ0v) is 6.81. The van der Waals surface area contributed by atoms with Crippen molar-refractivity contribution in [3.05, 3.63) is 23.5 Å². The summed E-state index contributed by atoms with van der Waals surface area (Å²) in [6.07, 6.45) is -2.02. The summed E-state index contributed by atoms with van der Waals surface area (Å²) in [7, 11) is 0. The predicted octanol–water partition coefficient (Wildman–Crippen LogP) is 0.355. The minimum Gasteiger partial charge on any atom is -0.505 e. The van der Waals surface area contributed by atoms with Gasteiger partial charge in [-0.25, -0.2) is 4.79 Å². The Balaban J connectivity index is 3.24. The van der Waals surface area contributed by atoms with Crippen molar-refractivity contribution < 1.29 is 29.6 Å². The molecule has 1 aromatic carbocycles. The number of aromatic hydroxyl groups is 2. The molecule has 14 heavy (non-hydrogen) atoms. The fourth-order valence-corrected chi connectivity index (χ4v) is 0.923. The number of carboxylic acids is 1. The number of phenolic OH excluding ortho intramolecular Hbond substituents is 2. The van der Waals surface area contributed by atoms with Crippen molar-refractivity contribution in [1.82, 2.24) is 0 Å². The summed E-state index contributed by atoms with van der Waals surface area (Å²) in [5.74, 6) is -4.86. The van der Waals surface area contributed by atoms with Crippen molar-refractivity contribution in [3.63, 3.8) is 0 Å². The third-order valence-corrected chi connectivity index (χ3v) is 1.66. The van der Waals surface area contributed by atoms with Gasteiger partial charge in [-0.3, -0.25) is 0 Å². The Morgan fingerprint density at radius 2 is 1.93 bits per heavy atom. The van der Waals surface area contributed by atoms with E-state index in [0.717, 1.165) is 12.1 Å². The Morgan fingerprint density at radius 3 is 2.43 bits per heavy atom. The van der Waals surface area contributed by atoms with E-state index in [2.05, 4.69) is 0 Å². The number of carbonyl (C=O) groups is 1. The zero-order chi connectivity index (χ0) is 10.9. The highest BCUT2D eigenvalue weighted by atomic mass is 19.1. The average molecular weight is 202 g/mol. The molecule has 0 spiro atoms. The molecule has 0 saturated carbocycles. The van der Waals surface area contributed by atoms with Crippen molar-refractivity contribution in [2.24, 2.45) is 0 Å². The minimum atomic E-state index is -2.02. The van der Waals surface area contributed by atoms with E-state index in [1.165, 1.54) is 0 Å². The maximum atomic E-state index is 12.8. The SMILES string of the molecule is O=C(O)C(O)c1ccc(O)c(F)c1O. The van der Waals surface area contributed by atoms with Gasteiger partial charge in [0.25, 0.3) is 0 Å². The number of aliphatic hydroxyl groups excluding tert-OH is 1. The first-order chi connectivity index (χ1) is 6.45. The molecule has 4 N–H and O–H groups in total. The van der Waals surface area contributed by atoms with Gasteiger partial charge in [-0.2, -0.15) is 4.39 Å². The van der Waals surface area contributed by atoms with E-state index >= 15 is 0 Å². The molecule has 1 atom stereocenters. The van der Waals surface area contributed by atoms with Crippen LogP contribution in [0.2, 0.25) is 0 Å². The minimum absolute atomic E-state index is 0.507. The summed E-state index contributed by atoms with van der Waals surface area (Å²) in [5.41, 5.74) is -0.507. The average Bonchev–Trinajstić information content (AvgIpc) is 2.13. The first-order valence-corrected chi connectivity index (χ1v) is 3.56. The Kier molecular flexibility index (Phi) is 2.57. The second kappa shape index (κ2) is 3.51. The lowest BCUT2D eigenvalue weighted by atomic mass is 10.1. The van der Waals surface area contributed by atoms with Crippen LogP contribution in [0.4, 0.5) is 4.39 Å². The maximum Gasteiger partial charge on any atom is 0.337 e. The second-order valence-corrected chi connectivity index (χ2v) is 2.58. The molecule has 0 heterocycles. The molecule has 0 aromatic heterocycles. The van der Waals surface area contributed by atoms with Crippen LogP contribution in [0.3, 0.4) is 0 Å². The van der Waals surface area contributed by atoms with E-state index in [1.807, 2.05) is 0 Å². The first kappa shape index (κ1) is 10.3. The summed E-state index contributed by atoms with van der Waals surface area (Å²) in [5, 5.41) is 35.2. The van der Waals surface area contributed by atoms with Crippen molar-refractivity contribution in [1.29, 1.82) is 0 Å². The van der Waals surface area contributed by atoms with Crippen LogP contribution in [0.25, 0.3) is 0 Å². The van der Waals surface area contributed by atoms with Crippen LogP contribution >= 0.6 is 0 Å². The molecule has 76 valence electrons. The lowest BCUT2D eigenvalue weighted by Gasteiger charge is -2.08. The molecule has 6 heteroatoms. The molecule has 0 aliphatic rings. The summed E-state index contributed by atoms with van der Waals surface area (Å²) in [6.45, 7) is 0. The van der Waals surface area contributed by atoms with Crippen LogP contribution in [0.5, 0.6) is 11.5 Å². The predicted molar refractivity (Wildman–Crippen MR) is 42.3 cm³/mol. The molecular weight excluding hydrogens is 195 g/mol. The third kappa shape index (κ3) is 1.60. The number of hydrogen-bond acceptors (Lipinski definition) is 4. The number of halogens is 1. The van der Waals surface area contributed by atoms with Crippen LogP contribution in [0.1, 0.15) is 11.7 Å². The zero-order valence-electron chi connectivity index (χ0n) is 6.81. The summed E-state index contributed by atoms with van der Waals surface area (Å²) >= 11 is 0. The lowest BCUT2D eigenvalue weighted by molar-refractivity contribution is -0.147. The Morgan fingerprint density at radius 1 is 1.36 bits per heavy atom. The van der Waals surface area contributed by atoms with Gasteiger partial charge in [0, 0.05) is 5.56 Å². The molecule has 0 bridgehead atoms. The number of aliphatic hydroxyl groups is 1. The van der Waals surface area contributed by atoms with E-state index in [0.29, 0.717) is 0 Å². The molecule has 1 aromatic rings. The molecule has 0 radical (unpaired) electrons. The van der Waals surface area contributed by atoms with Crippen molar-refractivity contribution >= 4 is 5.97 Å². The standard InChI is InChI=1S/C8H7FO5/c9-5-4(10)2-1-3(6(5)11)7(12)8(13)14/h1-2,7,10-12H,(H,13,14). The molecule has 1 rings (SSSR count).